The average molecular weight is 434 g/mol. The Labute approximate surface area is 159 Å². The molecule has 1 heterocycles. The van der Waals surface area contributed by atoms with Crippen molar-refractivity contribution in [3.05, 3.63) is 0 Å². The Morgan fingerprint density at radius 2 is 1.83 bits per heavy atom. The Hall–Kier alpha value is -0.0400. The Balaban J connectivity index is 0.00000192. The number of halogens is 1. The van der Waals surface area contributed by atoms with E-state index in [1.165, 1.54) is 64.5 Å². The van der Waals surface area contributed by atoms with Crippen molar-refractivity contribution in [2.45, 2.75) is 58.3 Å². The largest absolute Gasteiger partial charge is 0.357 e. The quantitative estimate of drug-likeness (QED) is 0.367. The molecule has 134 valence electrons. The van der Waals surface area contributed by atoms with E-state index in [-0.39, 0.29) is 24.0 Å². The van der Waals surface area contributed by atoms with Crippen LogP contribution >= 0.6 is 24.0 Å². The molecule has 5 heteroatoms. The Morgan fingerprint density at radius 1 is 1.09 bits per heavy atom. The van der Waals surface area contributed by atoms with Gasteiger partial charge in [-0.3, -0.25) is 4.99 Å². The molecule has 3 rings (SSSR count). The summed E-state index contributed by atoms with van der Waals surface area (Å²) in [5, 5.41) is 6.97. The van der Waals surface area contributed by atoms with Gasteiger partial charge in [0.25, 0.3) is 0 Å². The number of guanidine groups is 1. The summed E-state index contributed by atoms with van der Waals surface area (Å²) >= 11 is 0. The topological polar surface area (TPSA) is 39.7 Å². The number of nitrogens with one attached hydrogen (secondary N) is 2. The highest BCUT2D eigenvalue weighted by atomic mass is 127. The van der Waals surface area contributed by atoms with Crippen LogP contribution in [0, 0.1) is 11.3 Å². The van der Waals surface area contributed by atoms with Crippen molar-refractivity contribution >= 4 is 29.9 Å². The van der Waals surface area contributed by atoms with Crippen LogP contribution in [0.25, 0.3) is 0 Å². The van der Waals surface area contributed by atoms with E-state index >= 15 is 0 Å². The van der Waals surface area contributed by atoms with Gasteiger partial charge >= 0.3 is 0 Å². The van der Waals surface area contributed by atoms with Crippen LogP contribution < -0.4 is 10.6 Å². The molecular formula is C18H35IN4. The number of aliphatic imine (C=N–C) groups is 1. The van der Waals surface area contributed by atoms with E-state index in [0.29, 0.717) is 5.41 Å². The van der Waals surface area contributed by atoms with Crippen molar-refractivity contribution in [1.29, 1.82) is 0 Å². The van der Waals surface area contributed by atoms with Gasteiger partial charge in [-0.25, -0.2) is 0 Å². The molecule has 0 aromatic heterocycles. The summed E-state index contributed by atoms with van der Waals surface area (Å²) in [6.45, 7) is 8.87. The SMILES string of the molecule is CCNC(=NCC1(C2CC2)CCC1)NCCN1CCCCC1.I. The van der Waals surface area contributed by atoms with Gasteiger partial charge in [-0.15, -0.1) is 24.0 Å². The van der Waals surface area contributed by atoms with Crippen LogP contribution in [0.15, 0.2) is 4.99 Å². The third-order valence-electron chi connectivity index (χ3n) is 5.86. The predicted molar refractivity (Wildman–Crippen MR) is 109 cm³/mol. The Morgan fingerprint density at radius 3 is 2.39 bits per heavy atom. The lowest BCUT2D eigenvalue weighted by Gasteiger charge is -2.41. The van der Waals surface area contributed by atoms with E-state index < -0.39 is 0 Å². The number of hydrogen-bond donors (Lipinski definition) is 2. The first kappa shape index (κ1) is 19.3. The molecule has 3 aliphatic rings. The second-order valence-corrected chi connectivity index (χ2v) is 7.51. The molecule has 1 saturated heterocycles. The maximum atomic E-state index is 4.93. The lowest BCUT2D eigenvalue weighted by atomic mass is 9.65. The van der Waals surface area contributed by atoms with Gasteiger partial charge in [-0.1, -0.05) is 12.8 Å². The standard InChI is InChI=1S/C18H34N4.HI/c1-2-19-17(20-11-14-22-12-4-3-5-13-22)21-15-18(9-6-10-18)16-7-8-16;/h16H,2-15H2,1H3,(H2,19,20,21);1H. The first-order valence-corrected chi connectivity index (χ1v) is 9.57. The van der Waals surface area contributed by atoms with E-state index in [2.05, 4.69) is 22.5 Å². The molecule has 23 heavy (non-hydrogen) atoms. The highest BCUT2D eigenvalue weighted by Crippen LogP contribution is 2.57. The third-order valence-corrected chi connectivity index (χ3v) is 5.86. The van der Waals surface area contributed by atoms with Crippen molar-refractivity contribution in [1.82, 2.24) is 15.5 Å². The molecule has 4 nitrogen and oxygen atoms in total. The zero-order valence-corrected chi connectivity index (χ0v) is 17.1. The molecule has 0 bridgehead atoms. The fourth-order valence-corrected chi connectivity index (χ4v) is 4.12. The normalized spacial score (nSPS) is 24.5. The van der Waals surface area contributed by atoms with Crippen molar-refractivity contribution in [3.63, 3.8) is 0 Å². The fourth-order valence-electron chi connectivity index (χ4n) is 4.12. The maximum Gasteiger partial charge on any atom is 0.191 e. The monoisotopic (exact) mass is 434 g/mol. The summed E-state index contributed by atoms with van der Waals surface area (Å²) in [6.07, 6.45) is 11.3. The number of hydrogen-bond acceptors (Lipinski definition) is 2. The van der Waals surface area contributed by atoms with Gasteiger partial charge in [-0.05, 0) is 69.9 Å². The molecule has 0 atom stereocenters. The van der Waals surface area contributed by atoms with E-state index in [9.17, 15) is 0 Å². The molecular weight excluding hydrogens is 399 g/mol. The molecule has 0 unspecified atom stereocenters. The first-order chi connectivity index (χ1) is 10.8. The molecule has 0 spiro atoms. The lowest BCUT2D eigenvalue weighted by molar-refractivity contribution is 0.113. The highest BCUT2D eigenvalue weighted by Gasteiger charge is 2.48. The number of piperidine rings is 1. The smallest absolute Gasteiger partial charge is 0.191 e. The summed E-state index contributed by atoms with van der Waals surface area (Å²) in [6, 6.07) is 0. The molecule has 0 radical (unpaired) electrons. The van der Waals surface area contributed by atoms with Crippen LogP contribution in [0.4, 0.5) is 0 Å². The zero-order valence-electron chi connectivity index (χ0n) is 14.8. The van der Waals surface area contributed by atoms with Gasteiger partial charge in [0, 0.05) is 26.2 Å². The maximum absolute atomic E-state index is 4.93. The van der Waals surface area contributed by atoms with Gasteiger partial charge in [0.1, 0.15) is 0 Å². The predicted octanol–water partition coefficient (Wildman–Crippen LogP) is 3.23. The van der Waals surface area contributed by atoms with Gasteiger partial charge in [0.2, 0.25) is 0 Å². The zero-order chi connectivity index (χ0) is 15.3. The molecule has 2 N–H and O–H groups in total. The minimum absolute atomic E-state index is 0. The summed E-state index contributed by atoms with van der Waals surface area (Å²) in [4.78, 5) is 7.51. The molecule has 0 aromatic rings. The van der Waals surface area contributed by atoms with Gasteiger partial charge in [0.05, 0.1) is 0 Å². The van der Waals surface area contributed by atoms with E-state index in [0.717, 1.165) is 38.1 Å². The van der Waals surface area contributed by atoms with Crippen LogP contribution in [0.2, 0.25) is 0 Å². The minimum atomic E-state index is 0. The van der Waals surface area contributed by atoms with Gasteiger partial charge in [0.15, 0.2) is 5.96 Å². The summed E-state index contributed by atoms with van der Waals surface area (Å²) in [7, 11) is 0. The van der Waals surface area contributed by atoms with Gasteiger partial charge < -0.3 is 15.5 Å². The van der Waals surface area contributed by atoms with Crippen LogP contribution in [-0.4, -0.2) is 50.1 Å². The van der Waals surface area contributed by atoms with E-state index in [1.807, 2.05) is 0 Å². The summed E-state index contributed by atoms with van der Waals surface area (Å²) < 4.78 is 0. The second-order valence-electron chi connectivity index (χ2n) is 7.51. The lowest BCUT2D eigenvalue weighted by Crippen LogP contribution is -2.44. The van der Waals surface area contributed by atoms with Crippen molar-refractivity contribution in [3.8, 4) is 0 Å². The van der Waals surface area contributed by atoms with Gasteiger partial charge in [-0.2, -0.15) is 0 Å². The van der Waals surface area contributed by atoms with E-state index in [4.69, 9.17) is 4.99 Å². The van der Waals surface area contributed by atoms with Crippen LogP contribution in [0.1, 0.15) is 58.3 Å². The molecule has 2 aliphatic carbocycles. The average Bonchev–Trinajstić information content (AvgIpc) is 3.32. The molecule has 1 aliphatic heterocycles. The Bertz CT molecular complexity index is 371. The molecule has 0 aromatic carbocycles. The molecule has 0 amide bonds. The van der Waals surface area contributed by atoms with Crippen LogP contribution in [-0.2, 0) is 0 Å². The van der Waals surface area contributed by atoms with E-state index in [1.54, 1.807) is 0 Å². The minimum Gasteiger partial charge on any atom is -0.357 e. The molecule has 3 fully saturated rings. The van der Waals surface area contributed by atoms with Crippen molar-refractivity contribution in [2.75, 3.05) is 39.3 Å². The van der Waals surface area contributed by atoms with Crippen molar-refractivity contribution in [2.24, 2.45) is 16.3 Å². The third kappa shape index (κ3) is 5.48. The number of likely N-dealkylation sites (tertiary alicyclic amines) is 1. The highest BCUT2D eigenvalue weighted by molar-refractivity contribution is 14.0. The summed E-state index contributed by atoms with van der Waals surface area (Å²) in [5.41, 5.74) is 0.579. The number of rotatable bonds is 7. The first-order valence-electron chi connectivity index (χ1n) is 9.57. The van der Waals surface area contributed by atoms with Crippen molar-refractivity contribution < 1.29 is 0 Å². The number of nitrogens with zero attached hydrogens (tertiary/aromatic N) is 2. The van der Waals surface area contributed by atoms with Crippen LogP contribution in [0.5, 0.6) is 0 Å². The second kappa shape index (κ2) is 9.44. The summed E-state index contributed by atoms with van der Waals surface area (Å²) in [5.74, 6) is 2.02. The Kier molecular flexibility index (Phi) is 7.92. The fraction of sp³-hybridized carbons (Fsp3) is 0.944. The van der Waals surface area contributed by atoms with Crippen LogP contribution in [0.3, 0.4) is 0 Å². The molecule has 2 saturated carbocycles.